The van der Waals surface area contributed by atoms with Gasteiger partial charge in [-0.2, -0.15) is 0 Å². The van der Waals surface area contributed by atoms with Gasteiger partial charge in [0.25, 0.3) is 0 Å². The summed E-state index contributed by atoms with van der Waals surface area (Å²) in [7, 11) is 0. The molecule has 2 aromatic rings. The standard InChI is InChI=1S/C16H14N4O7/c17-7-1-3-11(19-15(23)24)9(5-7)13(21)27-14(22)10-6-8(18)2-4-12(10)20-16(25)26/h1-6,19-20H,17-18H2,(H,23,24)(H,25,26). The number of nitrogens with two attached hydrogens (primary N) is 2. The van der Waals surface area contributed by atoms with Crippen LogP contribution in [0.25, 0.3) is 0 Å². The fraction of sp³-hybridized carbons (Fsp3) is 0. The van der Waals surface area contributed by atoms with Gasteiger partial charge in [0.1, 0.15) is 0 Å². The number of nitrogens with one attached hydrogen (secondary N) is 2. The average molecular weight is 374 g/mol. The Balaban J connectivity index is 2.33. The molecule has 0 saturated carbocycles. The fourth-order valence-electron chi connectivity index (χ4n) is 2.10. The Morgan fingerprint density at radius 3 is 1.44 bits per heavy atom. The van der Waals surface area contributed by atoms with Gasteiger partial charge in [0.05, 0.1) is 22.5 Å². The van der Waals surface area contributed by atoms with Crippen molar-refractivity contribution < 1.29 is 34.1 Å². The van der Waals surface area contributed by atoms with E-state index >= 15 is 0 Å². The minimum absolute atomic E-state index is 0.127. The zero-order valence-electron chi connectivity index (χ0n) is 13.6. The van der Waals surface area contributed by atoms with E-state index in [1.807, 2.05) is 10.6 Å². The molecule has 2 aromatic carbocycles. The zero-order valence-corrected chi connectivity index (χ0v) is 13.6. The molecule has 140 valence electrons. The number of carboxylic acid groups (broad SMARTS) is 2. The third-order valence-electron chi connectivity index (χ3n) is 3.20. The van der Waals surface area contributed by atoms with Crippen molar-refractivity contribution in [1.82, 2.24) is 0 Å². The van der Waals surface area contributed by atoms with Crippen LogP contribution in [0.5, 0.6) is 0 Å². The number of hydrogen-bond acceptors (Lipinski definition) is 7. The SMILES string of the molecule is Nc1ccc(NC(=O)O)c(C(=O)OC(=O)c2cc(N)ccc2NC(=O)O)c1. The fourth-order valence-corrected chi connectivity index (χ4v) is 2.10. The van der Waals surface area contributed by atoms with Crippen molar-refractivity contribution in [3.8, 4) is 0 Å². The monoisotopic (exact) mass is 374 g/mol. The first-order chi connectivity index (χ1) is 12.7. The second kappa shape index (κ2) is 7.74. The van der Waals surface area contributed by atoms with E-state index in [1.54, 1.807) is 0 Å². The van der Waals surface area contributed by atoms with Crippen LogP contribution in [0.2, 0.25) is 0 Å². The molecule has 0 radical (unpaired) electrons. The number of anilines is 4. The molecule has 11 heteroatoms. The van der Waals surface area contributed by atoms with Gasteiger partial charge in [-0.05, 0) is 36.4 Å². The maximum atomic E-state index is 12.3. The molecule has 8 N–H and O–H groups in total. The van der Waals surface area contributed by atoms with Crippen LogP contribution in [0.3, 0.4) is 0 Å². The van der Waals surface area contributed by atoms with Crippen molar-refractivity contribution in [3.05, 3.63) is 47.5 Å². The number of ether oxygens (including phenoxy) is 1. The summed E-state index contributed by atoms with van der Waals surface area (Å²) in [5.41, 5.74) is 10.5. The van der Waals surface area contributed by atoms with Gasteiger partial charge in [-0.25, -0.2) is 19.2 Å². The maximum Gasteiger partial charge on any atom is 0.409 e. The molecule has 2 amide bonds. The smallest absolute Gasteiger partial charge is 0.409 e. The number of esters is 2. The van der Waals surface area contributed by atoms with Crippen LogP contribution >= 0.6 is 0 Å². The molecular formula is C16H14N4O7. The number of nitrogen functional groups attached to an aromatic ring is 2. The Kier molecular flexibility index (Phi) is 5.46. The van der Waals surface area contributed by atoms with Gasteiger partial charge < -0.3 is 26.4 Å². The molecule has 0 fully saturated rings. The molecule has 0 aromatic heterocycles. The van der Waals surface area contributed by atoms with E-state index in [9.17, 15) is 19.2 Å². The van der Waals surface area contributed by atoms with E-state index in [0.29, 0.717) is 0 Å². The second-order valence-corrected chi connectivity index (χ2v) is 5.15. The quantitative estimate of drug-likeness (QED) is 0.263. The highest BCUT2D eigenvalue weighted by Gasteiger charge is 2.22. The van der Waals surface area contributed by atoms with Gasteiger partial charge in [0.15, 0.2) is 0 Å². The lowest BCUT2D eigenvalue weighted by atomic mass is 10.1. The first-order valence-corrected chi connectivity index (χ1v) is 7.23. The molecular weight excluding hydrogens is 360 g/mol. The van der Waals surface area contributed by atoms with E-state index in [4.69, 9.17) is 26.4 Å². The molecule has 0 heterocycles. The molecule has 0 atom stereocenters. The third kappa shape index (κ3) is 4.85. The molecule has 27 heavy (non-hydrogen) atoms. The van der Waals surface area contributed by atoms with Crippen LogP contribution in [0.15, 0.2) is 36.4 Å². The van der Waals surface area contributed by atoms with Crippen LogP contribution in [0, 0.1) is 0 Å². The minimum Gasteiger partial charge on any atom is -0.465 e. The highest BCUT2D eigenvalue weighted by atomic mass is 16.6. The summed E-state index contributed by atoms with van der Waals surface area (Å²) in [6.07, 6.45) is -2.88. The topological polar surface area (TPSA) is 194 Å². The van der Waals surface area contributed by atoms with Gasteiger partial charge in [0, 0.05) is 11.4 Å². The Morgan fingerprint density at radius 2 is 1.11 bits per heavy atom. The lowest BCUT2D eigenvalue weighted by Gasteiger charge is -2.11. The summed E-state index contributed by atoms with van der Waals surface area (Å²) in [6, 6.07) is 7.38. The van der Waals surface area contributed by atoms with E-state index in [0.717, 1.165) is 12.1 Å². The van der Waals surface area contributed by atoms with Crippen LogP contribution in [0.4, 0.5) is 32.3 Å². The summed E-state index contributed by atoms with van der Waals surface area (Å²) >= 11 is 0. The summed E-state index contributed by atoms with van der Waals surface area (Å²) in [5.74, 6) is -2.39. The molecule has 0 bridgehead atoms. The minimum atomic E-state index is -1.44. The lowest BCUT2D eigenvalue weighted by Crippen LogP contribution is -2.19. The Labute approximate surface area is 151 Å². The van der Waals surface area contributed by atoms with E-state index in [1.165, 1.54) is 24.3 Å². The number of amides is 2. The zero-order chi connectivity index (χ0) is 20.1. The summed E-state index contributed by atoms with van der Waals surface area (Å²) in [4.78, 5) is 46.2. The van der Waals surface area contributed by atoms with Crippen LogP contribution < -0.4 is 22.1 Å². The number of carbonyl (C=O) groups is 4. The molecule has 0 aliphatic carbocycles. The highest BCUT2D eigenvalue weighted by Crippen LogP contribution is 2.23. The van der Waals surface area contributed by atoms with E-state index in [2.05, 4.69) is 0 Å². The number of carbonyl (C=O) groups excluding carboxylic acids is 2. The number of hydrogen-bond donors (Lipinski definition) is 6. The van der Waals surface area contributed by atoms with Crippen LogP contribution in [-0.2, 0) is 4.74 Å². The van der Waals surface area contributed by atoms with Crippen LogP contribution in [0.1, 0.15) is 20.7 Å². The third-order valence-corrected chi connectivity index (χ3v) is 3.20. The molecule has 0 aliphatic heterocycles. The predicted octanol–water partition coefficient (Wildman–Crippen LogP) is 2.03. The summed E-state index contributed by atoms with van der Waals surface area (Å²) in [5, 5.41) is 21.6. The van der Waals surface area contributed by atoms with Crippen LogP contribution in [-0.4, -0.2) is 34.3 Å². The molecule has 0 aliphatic rings. The molecule has 0 unspecified atom stereocenters. The van der Waals surface area contributed by atoms with Gasteiger partial charge in [0.2, 0.25) is 0 Å². The Hall–Kier alpha value is -4.28. The first kappa shape index (κ1) is 19.1. The number of benzene rings is 2. The van der Waals surface area contributed by atoms with Crippen molar-refractivity contribution in [2.45, 2.75) is 0 Å². The molecule has 11 nitrogen and oxygen atoms in total. The summed E-state index contributed by atoms with van der Waals surface area (Å²) in [6.45, 7) is 0. The van der Waals surface area contributed by atoms with Gasteiger partial charge in [-0.3, -0.25) is 10.6 Å². The van der Waals surface area contributed by atoms with Crippen molar-refractivity contribution >= 4 is 46.9 Å². The van der Waals surface area contributed by atoms with Gasteiger partial charge in [-0.15, -0.1) is 0 Å². The predicted molar refractivity (Wildman–Crippen MR) is 94.7 cm³/mol. The average Bonchev–Trinajstić information content (AvgIpc) is 2.57. The van der Waals surface area contributed by atoms with Gasteiger partial charge in [-0.1, -0.05) is 0 Å². The molecule has 0 saturated heterocycles. The van der Waals surface area contributed by atoms with E-state index in [-0.39, 0.29) is 33.9 Å². The Morgan fingerprint density at radius 1 is 0.741 bits per heavy atom. The number of rotatable bonds is 4. The normalized spacial score (nSPS) is 9.93. The molecule has 2 rings (SSSR count). The van der Waals surface area contributed by atoms with Crippen molar-refractivity contribution in [1.29, 1.82) is 0 Å². The van der Waals surface area contributed by atoms with Crippen molar-refractivity contribution in [3.63, 3.8) is 0 Å². The van der Waals surface area contributed by atoms with Gasteiger partial charge >= 0.3 is 24.1 Å². The second-order valence-electron chi connectivity index (χ2n) is 5.15. The highest BCUT2D eigenvalue weighted by molar-refractivity contribution is 6.09. The maximum absolute atomic E-state index is 12.3. The van der Waals surface area contributed by atoms with Crippen molar-refractivity contribution in [2.75, 3.05) is 22.1 Å². The Bertz CT molecular complexity index is 867. The lowest BCUT2D eigenvalue weighted by molar-refractivity contribution is 0.0399. The van der Waals surface area contributed by atoms with E-state index < -0.39 is 24.1 Å². The van der Waals surface area contributed by atoms with Crippen molar-refractivity contribution in [2.24, 2.45) is 0 Å². The first-order valence-electron chi connectivity index (χ1n) is 7.23. The summed E-state index contributed by atoms with van der Waals surface area (Å²) < 4.78 is 4.72. The molecule has 0 spiro atoms. The largest absolute Gasteiger partial charge is 0.465 e.